The maximum Gasteiger partial charge on any atom is 0.411 e. The molecular formula is C13H18N2O4S. The molecule has 20 heavy (non-hydrogen) atoms. The highest BCUT2D eigenvalue weighted by Gasteiger charge is 2.26. The molecular weight excluding hydrogens is 280 g/mol. The highest BCUT2D eigenvalue weighted by molar-refractivity contribution is 7.89. The first-order valence-electron chi connectivity index (χ1n) is 6.58. The highest BCUT2D eigenvalue weighted by Crippen LogP contribution is 2.22. The summed E-state index contributed by atoms with van der Waals surface area (Å²) in [6.45, 7) is 3.15. The maximum absolute atomic E-state index is 12.3. The van der Waals surface area contributed by atoms with Crippen LogP contribution in [0.1, 0.15) is 19.8 Å². The van der Waals surface area contributed by atoms with E-state index in [1.54, 1.807) is 19.1 Å². The van der Waals surface area contributed by atoms with Gasteiger partial charge in [-0.05, 0) is 44.0 Å². The van der Waals surface area contributed by atoms with Gasteiger partial charge in [-0.2, -0.15) is 4.31 Å². The number of rotatable bonds is 4. The molecule has 0 aliphatic carbocycles. The van der Waals surface area contributed by atoms with Gasteiger partial charge < -0.3 is 4.74 Å². The summed E-state index contributed by atoms with van der Waals surface area (Å²) in [6, 6.07) is 6.10. The zero-order chi connectivity index (χ0) is 14.6. The zero-order valence-electron chi connectivity index (χ0n) is 11.3. The molecule has 0 bridgehead atoms. The van der Waals surface area contributed by atoms with E-state index in [-0.39, 0.29) is 11.5 Å². The fourth-order valence-corrected chi connectivity index (χ4v) is 3.59. The molecule has 1 aromatic carbocycles. The smallest absolute Gasteiger partial charge is 0.411 e. The minimum atomic E-state index is -3.40. The highest BCUT2D eigenvalue weighted by atomic mass is 32.2. The Labute approximate surface area is 118 Å². The minimum Gasteiger partial charge on any atom is -0.450 e. The SMILES string of the molecule is CCOC(=O)Nc1ccc(S(=O)(=O)N2CCCC2)cc1. The van der Waals surface area contributed by atoms with Crippen molar-refractivity contribution in [1.82, 2.24) is 4.31 Å². The Morgan fingerprint density at radius 3 is 2.40 bits per heavy atom. The predicted octanol–water partition coefficient (Wildman–Crippen LogP) is 2.04. The van der Waals surface area contributed by atoms with Crippen molar-refractivity contribution >= 4 is 21.8 Å². The summed E-state index contributed by atoms with van der Waals surface area (Å²) in [6.07, 6.45) is 1.26. The van der Waals surface area contributed by atoms with Gasteiger partial charge in [-0.1, -0.05) is 0 Å². The van der Waals surface area contributed by atoms with Crippen LogP contribution < -0.4 is 5.32 Å². The third kappa shape index (κ3) is 3.29. The monoisotopic (exact) mass is 298 g/mol. The minimum absolute atomic E-state index is 0.244. The molecule has 0 aromatic heterocycles. The first-order chi connectivity index (χ1) is 9.54. The molecule has 1 N–H and O–H groups in total. The van der Waals surface area contributed by atoms with Crippen LogP contribution in [-0.4, -0.2) is 38.5 Å². The average Bonchev–Trinajstić information content (AvgIpc) is 2.94. The summed E-state index contributed by atoms with van der Waals surface area (Å²) in [5.74, 6) is 0. The summed E-state index contributed by atoms with van der Waals surface area (Å²) in [5, 5.41) is 2.52. The normalized spacial score (nSPS) is 16.1. The number of amides is 1. The van der Waals surface area contributed by atoms with Gasteiger partial charge in [0.25, 0.3) is 0 Å². The van der Waals surface area contributed by atoms with Crippen molar-refractivity contribution in [3.05, 3.63) is 24.3 Å². The molecule has 110 valence electrons. The number of hydrogen-bond donors (Lipinski definition) is 1. The molecule has 0 saturated carbocycles. The largest absolute Gasteiger partial charge is 0.450 e. The Kier molecular flexibility index (Phi) is 4.61. The molecule has 1 aromatic rings. The topological polar surface area (TPSA) is 75.7 Å². The van der Waals surface area contributed by atoms with Crippen LogP contribution >= 0.6 is 0 Å². The number of carbonyl (C=O) groups excluding carboxylic acids is 1. The lowest BCUT2D eigenvalue weighted by Gasteiger charge is -2.15. The molecule has 0 radical (unpaired) electrons. The molecule has 1 heterocycles. The Morgan fingerprint density at radius 2 is 1.85 bits per heavy atom. The number of nitrogens with zero attached hydrogens (tertiary/aromatic N) is 1. The number of benzene rings is 1. The van der Waals surface area contributed by atoms with Crippen molar-refractivity contribution in [2.24, 2.45) is 0 Å². The van der Waals surface area contributed by atoms with E-state index in [0.717, 1.165) is 12.8 Å². The van der Waals surface area contributed by atoms with E-state index in [4.69, 9.17) is 4.74 Å². The van der Waals surface area contributed by atoms with Gasteiger partial charge >= 0.3 is 6.09 Å². The van der Waals surface area contributed by atoms with E-state index in [9.17, 15) is 13.2 Å². The van der Waals surface area contributed by atoms with Gasteiger partial charge in [0.05, 0.1) is 11.5 Å². The van der Waals surface area contributed by atoms with Gasteiger partial charge in [0.2, 0.25) is 10.0 Å². The lowest BCUT2D eigenvalue weighted by atomic mass is 10.3. The fraction of sp³-hybridized carbons (Fsp3) is 0.462. The van der Waals surface area contributed by atoms with Gasteiger partial charge in [0.15, 0.2) is 0 Å². The Hall–Kier alpha value is -1.60. The Balaban J connectivity index is 2.09. The van der Waals surface area contributed by atoms with Crippen molar-refractivity contribution in [2.45, 2.75) is 24.7 Å². The van der Waals surface area contributed by atoms with Crippen LogP contribution in [0.3, 0.4) is 0 Å². The number of sulfonamides is 1. The third-order valence-electron chi connectivity index (χ3n) is 3.08. The van der Waals surface area contributed by atoms with E-state index in [0.29, 0.717) is 18.8 Å². The summed E-state index contributed by atoms with van der Waals surface area (Å²) < 4.78 is 30.8. The lowest BCUT2D eigenvalue weighted by Crippen LogP contribution is -2.27. The van der Waals surface area contributed by atoms with E-state index < -0.39 is 16.1 Å². The lowest BCUT2D eigenvalue weighted by molar-refractivity contribution is 0.168. The summed E-state index contributed by atoms with van der Waals surface area (Å²) >= 11 is 0. The molecule has 1 aliphatic heterocycles. The van der Waals surface area contributed by atoms with Crippen LogP contribution in [0.2, 0.25) is 0 Å². The average molecular weight is 298 g/mol. The second-order valence-corrected chi connectivity index (χ2v) is 6.42. The number of hydrogen-bond acceptors (Lipinski definition) is 4. The third-order valence-corrected chi connectivity index (χ3v) is 4.99. The second-order valence-electron chi connectivity index (χ2n) is 4.48. The molecule has 0 spiro atoms. The maximum atomic E-state index is 12.3. The number of carbonyl (C=O) groups is 1. The second kappa shape index (κ2) is 6.23. The van der Waals surface area contributed by atoms with Gasteiger partial charge in [0, 0.05) is 18.8 Å². The van der Waals surface area contributed by atoms with Crippen molar-refractivity contribution in [2.75, 3.05) is 25.0 Å². The Morgan fingerprint density at radius 1 is 1.25 bits per heavy atom. The standard InChI is InChI=1S/C13H18N2O4S/c1-2-19-13(16)14-11-5-7-12(8-6-11)20(17,18)15-9-3-4-10-15/h5-8H,2-4,9-10H2,1H3,(H,14,16). The van der Waals surface area contributed by atoms with E-state index in [1.165, 1.54) is 16.4 Å². The molecule has 1 aliphatic rings. The molecule has 2 rings (SSSR count). The number of ether oxygens (including phenoxy) is 1. The van der Waals surface area contributed by atoms with Crippen LogP contribution in [0.25, 0.3) is 0 Å². The van der Waals surface area contributed by atoms with Crippen LogP contribution in [0.5, 0.6) is 0 Å². The molecule has 0 unspecified atom stereocenters. The molecule has 0 atom stereocenters. The van der Waals surface area contributed by atoms with Gasteiger partial charge in [-0.25, -0.2) is 13.2 Å². The fourth-order valence-electron chi connectivity index (χ4n) is 2.07. The Bertz CT molecular complexity index is 563. The van der Waals surface area contributed by atoms with Crippen molar-refractivity contribution < 1.29 is 17.9 Å². The van der Waals surface area contributed by atoms with E-state index in [2.05, 4.69) is 5.32 Å². The molecule has 1 saturated heterocycles. The van der Waals surface area contributed by atoms with Crippen LogP contribution in [0, 0.1) is 0 Å². The van der Waals surface area contributed by atoms with Crippen LogP contribution in [-0.2, 0) is 14.8 Å². The quantitative estimate of drug-likeness (QED) is 0.923. The molecule has 7 heteroatoms. The van der Waals surface area contributed by atoms with Gasteiger partial charge in [-0.3, -0.25) is 5.32 Å². The molecule has 1 fully saturated rings. The summed E-state index contributed by atoms with van der Waals surface area (Å²) in [5.41, 5.74) is 0.504. The number of nitrogens with one attached hydrogen (secondary N) is 1. The van der Waals surface area contributed by atoms with Gasteiger partial charge in [0.1, 0.15) is 0 Å². The molecule has 6 nitrogen and oxygen atoms in total. The molecule has 1 amide bonds. The van der Waals surface area contributed by atoms with Crippen molar-refractivity contribution in [3.63, 3.8) is 0 Å². The van der Waals surface area contributed by atoms with Crippen LogP contribution in [0.15, 0.2) is 29.2 Å². The van der Waals surface area contributed by atoms with E-state index in [1.807, 2.05) is 0 Å². The van der Waals surface area contributed by atoms with E-state index >= 15 is 0 Å². The first-order valence-corrected chi connectivity index (χ1v) is 8.02. The summed E-state index contributed by atoms with van der Waals surface area (Å²) in [4.78, 5) is 11.5. The predicted molar refractivity (Wildman–Crippen MR) is 75.1 cm³/mol. The van der Waals surface area contributed by atoms with Crippen molar-refractivity contribution in [3.8, 4) is 0 Å². The summed E-state index contributed by atoms with van der Waals surface area (Å²) in [7, 11) is -3.40. The first kappa shape index (κ1) is 14.8. The van der Waals surface area contributed by atoms with Gasteiger partial charge in [-0.15, -0.1) is 0 Å². The number of anilines is 1. The van der Waals surface area contributed by atoms with Crippen molar-refractivity contribution in [1.29, 1.82) is 0 Å². The van der Waals surface area contributed by atoms with Crippen LogP contribution in [0.4, 0.5) is 10.5 Å². The zero-order valence-corrected chi connectivity index (χ0v) is 12.1.